The third-order valence-electron chi connectivity index (χ3n) is 4.99. The molecule has 3 rings (SSSR count). The molecule has 0 saturated heterocycles. The summed E-state index contributed by atoms with van der Waals surface area (Å²) in [5, 5.41) is 0. The molecule has 1 saturated carbocycles. The first kappa shape index (κ1) is 14.5. The molecule has 0 radical (unpaired) electrons. The van der Waals surface area contributed by atoms with E-state index in [4.69, 9.17) is 10.7 Å². The smallest absolute Gasteiger partial charge is 0.125 e. The van der Waals surface area contributed by atoms with Crippen LogP contribution in [0.4, 0.5) is 4.39 Å². The monoisotopic (exact) mass is 289 g/mol. The third-order valence-corrected chi connectivity index (χ3v) is 4.99. The van der Waals surface area contributed by atoms with Gasteiger partial charge in [-0.3, -0.25) is 0 Å². The summed E-state index contributed by atoms with van der Waals surface area (Å²) >= 11 is 0. The fourth-order valence-corrected chi connectivity index (χ4v) is 3.72. The van der Waals surface area contributed by atoms with E-state index in [1.807, 2.05) is 0 Å². The molecule has 114 valence electrons. The topological polar surface area (TPSA) is 43.8 Å². The van der Waals surface area contributed by atoms with Crippen LogP contribution in [0.1, 0.15) is 44.9 Å². The second kappa shape index (κ2) is 5.76. The van der Waals surface area contributed by atoms with Crippen molar-refractivity contribution in [2.45, 2.75) is 52.0 Å². The summed E-state index contributed by atoms with van der Waals surface area (Å²) in [6.45, 7) is 3.62. The lowest BCUT2D eigenvalue weighted by atomic mass is 9.71. The zero-order valence-electron chi connectivity index (χ0n) is 12.7. The molecule has 3 nitrogen and oxygen atoms in total. The molecule has 0 bridgehead atoms. The molecule has 1 aromatic heterocycles. The van der Waals surface area contributed by atoms with Crippen LogP contribution >= 0.6 is 0 Å². The fraction of sp³-hybridized carbons (Fsp3) is 0.588. The van der Waals surface area contributed by atoms with Gasteiger partial charge in [-0.15, -0.1) is 0 Å². The Kier molecular flexibility index (Phi) is 3.98. The van der Waals surface area contributed by atoms with Crippen LogP contribution in [0.3, 0.4) is 0 Å². The van der Waals surface area contributed by atoms with Crippen LogP contribution in [0.15, 0.2) is 18.2 Å². The van der Waals surface area contributed by atoms with Gasteiger partial charge in [0.1, 0.15) is 11.6 Å². The first-order chi connectivity index (χ1) is 10.2. The van der Waals surface area contributed by atoms with Crippen molar-refractivity contribution >= 4 is 11.0 Å². The lowest BCUT2D eigenvalue weighted by Crippen LogP contribution is -2.35. The van der Waals surface area contributed by atoms with Gasteiger partial charge >= 0.3 is 0 Å². The highest BCUT2D eigenvalue weighted by atomic mass is 19.1. The van der Waals surface area contributed by atoms with E-state index < -0.39 is 0 Å². The zero-order chi connectivity index (χ0) is 14.9. The van der Waals surface area contributed by atoms with E-state index in [1.54, 1.807) is 12.1 Å². The molecule has 0 amide bonds. The van der Waals surface area contributed by atoms with Gasteiger partial charge in [0, 0.05) is 13.0 Å². The summed E-state index contributed by atoms with van der Waals surface area (Å²) in [7, 11) is 0. The Hall–Kier alpha value is -1.42. The van der Waals surface area contributed by atoms with Crippen LogP contribution in [0.25, 0.3) is 11.0 Å². The Labute approximate surface area is 125 Å². The van der Waals surface area contributed by atoms with Crippen LogP contribution < -0.4 is 5.73 Å². The molecule has 2 aromatic rings. The number of imidazole rings is 1. The van der Waals surface area contributed by atoms with Crippen molar-refractivity contribution in [3.63, 3.8) is 0 Å². The number of fused-ring (bicyclic) bond motifs is 1. The Bertz CT molecular complexity index is 626. The molecule has 0 spiro atoms. The molecule has 0 unspecified atom stereocenters. The molecule has 1 heterocycles. The minimum absolute atomic E-state index is 0.186. The van der Waals surface area contributed by atoms with E-state index in [2.05, 4.69) is 11.5 Å². The maximum atomic E-state index is 13.5. The first-order valence-electron chi connectivity index (χ1n) is 8.02. The summed E-state index contributed by atoms with van der Waals surface area (Å²) in [4.78, 5) is 4.75. The van der Waals surface area contributed by atoms with Crippen LogP contribution in [-0.4, -0.2) is 16.1 Å². The first-order valence-corrected chi connectivity index (χ1v) is 8.02. The van der Waals surface area contributed by atoms with Gasteiger partial charge in [0.15, 0.2) is 0 Å². The minimum Gasteiger partial charge on any atom is -0.330 e. The summed E-state index contributed by atoms with van der Waals surface area (Å²) < 4.78 is 15.6. The number of halogens is 1. The SMILES string of the molecule is CCn1c(CC2(CN)CCCCC2)nc2ccc(F)cc21. The number of rotatable bonds is 4. The summed E-state index contributed by atoms with van der Waals surface area (Å²) in [5.41, 5.74) is 8.07. The Morgan fingerprint density at radius 2 is 2.05 bits per heavy atom. The maximum Gasteiger partial charge on any atom is 0.125 e. The van der Waals surface area contributed by atoms with Crippen LogP contribution in [0.2, 0.25) is 0 Å². The Balaban J connectivity index is 1.99. The van der Waals surface area contributed by atoms with E-state index in [0.29, 0.717) is 6.54 Å². The number of benzene rings is 1. The number of nitrogens with two attached hydrogens (primary N) is 1. The van der Waals surface area contributed by atoms with Crippen LogP contribution in [0, 0.1) is 11.2 Å². The van der Waals surface area contributed by atoms with Crippen molar-refractivity contribution in [3.05, 3.63) is 29.8 Å². The Morgan fingerprint density at radius 3 is 2.71 bits per heavy atom. The lowest BCUT2D eigenvalue weighted by molar-refractivity contribution is 0.192. The highest BCUT2D eigenvalue weighted by Gasteiger charge is 2.32. The van der Waals surface area contributed by atoms with Crippen molar-refractivity contribution in [1.82, 2.24) is 9.55 Å². The average molecular weight is 289 g/mol. The van der Waals surface area contributed by atoms with E-state index >= 15 is 0 Å². The van der Waals surface area contributed by atoms with Gasteiger partial charge in [-0.1, -0.05) is 19.3 Å². The van der Waals surface area contributed by atoms with Crippen molar-refractivity contribution in [2.24, 2.45) is 11.1 Å². The molecule has 0 aliphatic heterocycles. The number of hydrogen-bond donors (Lipinski definition) is 1. The molecule has 1 aliphatic carbocycles. The average Bonchev–Trinajstić information content (AvgIpc) is 2.84. The van der Waals surface area contributed by atoms with Crippen LogP contribution in [-0.2, 0) is 13.0 Å². The molecule has 21 heavy (non-hydrogen) atoms. The predicted octanol–water partition coefficient (Wildman–Crippen LogP) is 3.65. The van der Waals surface area contributed by atoms with Crippen molar-refractivity contribution < 1.29 is 4.39 Å². The largest absolute Gasteiger partial charge is 0.330 e. The number of aromatic nitrogens is 2. The highest BCUT2D eigenvalue weighted by Crippen LogP contribution is 2.38. The van der Waals surface area contributed by atoms with Crippen LogP contribution in [0.5, 0.6) is 0 Å². The number of hydrogen-bond acceptors (Lipinski definition) is 2. The summed E-state index contributed by atoms with van der Waals surface area (Å²) in [6.07, 6.45) is 7.12. The van der Waals surface area contributed by atoms with Gasteiger partial charge in [0.25, 0.3) is 0 Å². The number of nitrogens with zero attached hydrogens (tertiary/aromatic N) is 2. The highest BCUT2D eigenvalue weighted by molar-refractivity contribution is 5.76. The van der Waals surface area contributed by atoms with Crippen molar-refractivity contribution in [1.29, 1.82) is 0 Å². The maximum absolute atomic E-state index is 13.5. The normalized spacial score (nSPS) is 18.2. The number of aryl methyl sites for hydroxylation is 1. The Morgan fingerprint density at radius 1 is 1.29 bits per heavy atom. The quantitative estimate of drug-likeness (QED) is 0.933. The molecule has 0 atom stereocenters. The van der Waals surface area contributed by atoms with E-state index in [-0.39, 0.29) is 11.2 Å². The van der Waals surface area contributed by atoms with E-state index in [1.165, 1.54) is 38.2 Å². The molecule has 4 heteroatoms. The van der Waals surface area contributed by atoms with Gasteiger partial charge in [0.05, 0.1) is 11.0 Å². The molecule has 1 aliphatic rings. The van der Waals surface area contributed by atoms with Gasteiger partial charge in [-0.2, -0.15) is 0 Å². The lowest BCUT2D eigenvalue weighted by Gasteiger charge is -2.36. The molecule has 2 N–H and O–H groups in total. The fourth-order valence-electron chi connectivity index (χ4n) is 3.72. The molecule has 1 fully saturated rings. The second-order valence-electron chi connectivity index (χ2n) is 6.35. The van der Waals surface area contributed by atoms with E-state index in [0.717, 1.165) is 29.8 Å². The second-order valence-corrected chi connectivity index (χ2v) is 6.35. The molecular formula is C17H24FN3. The third kappa shape index (κ3) is 2.69. The zero-order valence-corrected chi connectivity index (χ0v) is 12.7. The molecular weight excluding hydrogens is 265 g/mol. The van der Waals surface area contributed by atoms with Gasteiger partial charge in [-0.05, 0) is 49.9 Å². The van der Waals surface area contributed by atoms with Gasteiger partial charge in [0.2, 0.25) is 0 Å². The van der Waals surface area contributed by atoms with E-state index in [9.17, 15) is 4.39 Å². The predicted molar refractivity (Wildman–Crippen MR) is 83.6 cm³/mol. The van der Waals surface area contributed by atoms with Crippen molar-refractivity contribution in [3.8, 4) is 0 Å². The summed E-state index contributed by atoms with van der Waals surface area (Å²) in [5.74, 6) is 0.861. The molecule has 1 aromatic carbocycles. The standard InChI is InChI=1S/C17H24FN3/c1-2-21-15-10-13(18)6-7-14(15)20-16(21)11-17(12-19)8-4-3-5-9-17/h6-7,10H,2-5,8-9,11-12,19H2,1H3. The van der Waals surface area contributed by atoms with Crippen molar-refractivity contribution in [2.75, 3.05) is 6.54 Å². The van der Waals surface area contributed by atoms with Gasteiger partial charge in [-0.25, -0.2) is 9.37 Å². The summed E-state index contributed by atoms with van der Waals surface area (Å²) in [6, 6.07) is 4.85. The minimum atomic E-state index is -0.199. The van der Waals surface area contributed by atoms with Gasteiger partial charge < -0.3 is 10.3 Å².